The van der Waals surface area contributed by atoms with Crippen molar-refractivity contribution in [2.45, 2.75) is 12.8 Å². The van der Waals surface area contributed by atoms with Gasteiger partial charge in [0.25, 0.3) is 5.56 Å². The summed E-state index contributed by atoms with van der Waals surface area (Å²) in [6.07, 6.45) is 6.68. The van der Waals surface area contributed by atoms with Gasteiger partial charge in [0.15, 0.2) is 6.29 Å². The van der Waals surface area contributed by atoms with Crippen molar-refractivity contribution in [3.63, 3.8) is 0 Å². The van der Waals surface area contributed by atoms with Crippen LogP contribution in [0.5, 0.6) is 0 Å². The molecule has 0 amide bonds. The Hall–Kier alpha value is -1.76. The van der Waals surface area contributed by atoms with Gasteiger partial charge in [0.2, 0.25) is 0 Å². The highest BCUT2D eigenvalue weighted by atomic mass is 16.1. The molecule has 0 aliphatic rings. The second-order valence-electron chi connectivity index (χ2n) is 2.69. The first kappa shape index (κ1) is 9.33. The highest BCUT2D eigenvalue weighted by molar-refractivity contribution is 5.75. The summed E-state index contributed by atoms with van der Waals surface area (Å²) in [5.74, 6) is 2.45. The minimum Gasteiger partial charge on any atom is -0.299 e. The van der Waals surface area contributed by atoms with E-state index in [9.17, 15) is 9.59 Å². The number of hydrogen-bond acceptors (Lipinski definition) is 2. The van der Waals surface area contributed by atoms with Crippen LogP contribution in [0, 0.1) is 12.3 Å². The fourth-order valence-corrected chi connectivity index (χ4v) is 1.13. The van der Waals surface area contributed by atoms with Crippen LogP contribution < -0.4 is 5.56 Å². The molecule has 4 nitrogen and oxygen atoms in total. The Morgan fingerprint density at radius 3 is 2.92 bits per heavy atom. The van der Waals surface area contributed by atoms with Gasteiger partial charge in [0, 0.05) is 25.6 Å². The molecule has 0 radical (unpaired) electrons. The van der Waals surface area contributed by atoms with Gasteiger partial charge in [-0.3, -0.25) is 19.4 Å². The summed E-state index contributed by atoms with van der Waals surface area (Å²) in [5.41, 5.74) is 0.486. The van der Waals surface area contributed by atoms with E-state index in [0.717, 1.165) is 0 Å². The Balaban J connectivity index is 3.08. The average molecular weight is 178 g/mol. The number of aromatic amines is 1. The number of terminal acetylenes is 1. The zero-order valence-corrected chi connectivity index (χ0v) is 7.33. The highest BCUT2D eigenvalue weighted by Crippen LogP contribution is 2.00. The molecule has 13 heavy (non-hydrogen) atoms. The van der Waals surface area contributed by atoms with Crippen molar-refractivity contribution in [1.82, 2.24) is 9.78 Å². The zero-order chi connectivity index (χ0) is 9.84. The second kappa shape index (κ2) is 3.76. The van der Waals surface area contributed by atoms with E-state index in [1.807, 2.05) is 0 Å². The molecule has 0 fully saturated rings. The molecule has 0 atom stereocenters. The summed E-state index contributed by atoms with van der Waals surface area (Å²) in [6.45, 7) is 0. The van der Waals surface area contributed by atoms with Gasteiger partial charge in [-0.2, -0.15) is 0 Å². The molecule has 0 bridgehead atoms. The Morgan fingerprint density at radius 2 is 2.38 bits per heavy atom. The van der Waals surface area contributed by atoms with Crippen molar-refractivity contribution >= 4 is 6.29 Å². The zero-order valence-electron chi connectivity index (χ0n) is 7.33. The van der Waals surface area contributed by atoms with E-state index in [2.05, 4.69) is 11.0 Å². The van der Waals surface area contributed by atoms with E-state index in [0.29, 0.717) is 24.8 Å². The molecule has 4 heteroatoms. The maximum atomic E-state index is 11.2. The third-order valence-corrected chi connectivity index (χ3v) is 1.80. The molecule has 68 valence electrons. The number of rotatable bonds is 3. The maximum Gasteiger partial charge on any atom is 0.277 e. The summed E-state index contributed by atoms with van der Waals surface area (Å²) in [4.78, 5) is 21.8. The third kappa shape index (κ3) is 1.70. The first-order chi connectivity index (χ1) is 6.20. The Labute approximate surface area is 75.6 Å². The molecular weight excluding hydrogens is 168 g/mol. The molecule has 0 spiro atoms. The number of aldehydes is 1. The number of aryl methyl sites for hydroxylation is 2. The molecule has 1 N–H and O–H groups in total. The monoisotopic (exact) mass is 178 g/mol. The Bertz CT molecular complexity index is 406. The fraction of sp³-hybridized carbons (Fsp3) is 0.333. The molecule has 1 rings (SSSR count). The van der Waals surface area contributed by atoms with E-state index < -0.39 is 0 Å². The largest absolute Gasteiger partial charge is 0.299 e. The van der Waals surface area contributed by atoms with Gasteiger partial charge in [-0.25, -0.2) is 0 Å². The lowest BCUT2D eigenvalue weighted by Crippen LogP contribution is -2.14. The number of nitrogens with zero attached hydrogens (tertiary/aromatic N) is 1. The predicted octanol–water partition coefficient (Wildman–Crippen LogP) is 0.0917. The average Bonchev–Trinajstić information content (AvgIpc) is 2.39. The van der Waals surface area contributed by atoms with Crippen LogP contribution in [0.3, 0.4) is 0 Å². The van der Waals surface area contributed by atoms with E-state index >= 15 is 0 Å². The first-order valence-electron chi connectivity index (χ1n) is 3.87. The summed E-state index contributed by atoms with van der Waals surface area (Å²) >= 11 is 0. The van der Waals surface area contributed by atoms with E-state index in [1.165, 1.54) is 4.68 Å². The van der Waals surface area contributed by atoms with Crippen LogP contribution >= 0.6 is 0 Å². The molecule has 0 saturated heterocycles. The van der Waals surface area contributed by atoms with Crippen molar-refractivity contribution in [3.8, 4) is 12.3 Å². The summed E-state index contributed by atoms with van der Waals surface area (Å²) in [5, 5.41) is 2.78. The Kier molecular flexibility index (Phi) is 2.70. The van der Waals surface area contributed by atoms with Crippen molar-refractivity contribution in [1.29, 1.82) is 0 Å². The van der Waals surface area contributed by atoms with Crippen LogP contribution in [-0.2, 0) is 13.5 Å². The quantitative estimate of drug-likeness (QED) is 0.527. The summed E-state index contributed by atoms with van der Waals surface area (Å²) < 4.78 is 1.27. The van der Waals surface area contributed by atoms with Crippen LogP contribution in [0.1, 0.15) is 22.5 Å². The topological polar surface area (TPSA) is 54.9 Å². The molecule has 0 unspecified atom stereocenters. The maximum absolute atomic E-state index is 11.2. The van der Waals surface area contributed by atoms with E-state index in [4.69, 9.17) is 6.42 Å². The number of carbonyl (C=O) groups is 1. The summed E-state index contributed by atoms with van der Waals surface area (Å²) in [7, 11) is 1.56. The van der Waals surface area contributed by atoms with Crippen LogP contribution in [0.25, 0.3) is 0 Å². The molecule has 0 aromatic carbocycles. The van der Waals surface area contributed by atoms with Gasteiger partial charge in [-0.1, -0.05) is 0 Å². The number of nitrogens with one attached hydrogen (secondary N) is 1. The van der Waals surface area contributed by atoms with Crippen molar-refractivity contribution in [3.05, 3.63) is 21.6 Å². The normalized spacial score (nSPS) is 9.54. The van der Waals surface area contributed by atoms with E-state index in [-0.39, 0.29) is 11.1 Å². The Morgan fingerprint density at radius 1 is 1.69 bits per heavy atom. The van der Waals surface area contributed by atoms with Crippen LogP contribution in [0.4, 0.5) is 0 Å². The summed E-state index contributed by atoms with van der Waals surface area (Å²) in [6, 6.07) is 0. The van der Waals surface area contributed by atoms with Gasteiger partial charge in [-0.05, 0) is 0 Å². The van der Waals surface area contributed by atoms with E-state index in [1.54, 1.807) is 7.05 Å². The number of aromatic nitrogens is 2. The number of H-pyrrole nitrogens is 1. The van der Waals surface area contributed by atoms with Gasteiger partial charge in [0.1, 0.15) is 5.56 Å². The number of hydrogen-bond donors (Lipinski definition) is 1. The molecule has 1 heterocycles. The van der Waals surface area contributed by atoms with Crippen molar-refractivity contribution in [2.24, 2.45) is 7.05 Å². The van der Waals surface area contributed by atoms with Gasteiger partial charge in [-0.15, -0.1) is 12.3 Å². The minimum absolute atomic E-state index is 0.178. The molecule has 0 saturated carbocycles. The lowest BCUT2D eigenvalue weighted by molar-refractivity contribution is 0.112. The molecule has 0 aliphatic carbocycles. The van der Waals surface area contributed by atoms with Crippen molar-refractivity contribution in [2.75, 3.05) is 0 Å². The minimum atomic E-state index is -0.304. The molecule has 0 aliphatic heterocycles. The van der Waals surface area contributed by atoms with Gasteiger partial charge >= 0.3 is 0 Å². The smallest absolute Gasteiger partial charge is 0.277 e. The van der Waals surface area contributed by atoms with Crippen LogP contribution in [0.2, 0.25) is 0 Å². The number of carbonyl (C=O) groups excluding carboxylic acids is 1. The first-order valence-corrected chi connectivity index (χ1v) is 3.87. The third-order valence-electron chi connectivity index (χ3n) is 1.80. The lowest BCUT2D eigenvalue weighted by Gasteiger charge is -1.92. The SMILES string of the molecule is C#CCCc1[nH]n(C)c(=O)c1C=O. The van der Waals surface area contributed by atoms with Gasteiger partial charge in [0.05, 0.1) is 0 Å². The fourth-order valence-electron chi connectivity index (χ4n) is 1.13. The highest BCUT2D eigenvalue weighted by Gasteiger charge is 2.09. The van der Waals surface area contributed by atoms with Gasteiger partial charge < -0.3 is 0 Å². The van der Waals surface area contributed by atoms with Crippen LogP contribution in [-0.4, -0.2) is 16.1 Å². The molecule has 1 aromatic rings. The predicted molar refractivity (Wildman–Crippen MR) is 48.6 cm³/mol. The van der Waals surface area contributed by atoms with Crippen molar-refractivity contribution < 1.29 is 4.79 Å². The standard InChI is InChI=1S/C9H10N2O2/c1-3-4-5-8-7(6-12)9(13)11(2)10-8/h1,6,10H,4-5H2,2H3. The molecule has 1 aromatic heterocycles. The van der Waals surface area contributed by atoms with Crippen LogP contribution in [0.15, 0.2) is 4.79 Å². The lowest BCUT2D eigenvalue weighted by atomic mass is 10.2. The molecular formula is C9H10N2O2. The second-order valence-corrected chi connectivity index (χ2v) is 2.69.